The molecule has 0 spiro atoms. The first-order valence-electron chi connectivity index (χ1n) is 10.4. The molecule has 3 aromatic rings. The average molecular weight is 475 g/mol. The number of amides is 1. The highest BCUT2D eigenvalue weighted by atomic mass is 32.2. The number of anilines is 1. The summed E-state index contributed by atoms with van der Waals surface area (Å²) in [6.45, 7) is -0.229. The molecule has 1 saturated heterocycles. The zero-order chi connectivity index (χ0) is 23.9. The van der Waals surface area contributed by atoms with E-state index in [-0.39, 0.29) is 12.5 Å². The summed E-state index contributed by atoms with van der Waals surface area (Å²) in [5.41, 5.74) is 2.24. The summed E-state index contributed by atoms with van der Waals surface area (Å²) in [6.07, 6.45) is 1.78. The largest absolute Gasteiger partial charge is 0.493 e. The van der Waals surface area contributed by atoms with Gasteiger partial charge >= 0.3 is 5.97 Å². The quantitative estimate of drug-likeness (QED) is 0.352. The fourth-order valence-electron chi connectivity index (χ4n) is 3.21. The van der Waals surface area contributed by atoms with Crippen LogP contribution in [0.4, 0.5) is 11.4 Å². The fourth-order valence-corrected chi connectivity index (χ4v) is 4.21. The number of esters is 1. The standard InChI is InChI=1S/C26H22N2O5S/c1-31-22-15-18(13-14-21(22)33-17-24(29)32-2)16-23-25(30)28(20-11-7-4-8-12-20)26(34-23)27-19-9-5-3-6-10-19/h3-16H,17H2,1-2H3/b23-16-,27-26?. The Balaban J connectivity index is 1.66. The van der Waals surface area contributed by atoms with Crippen molar-refractivity contribution in [1.82, 2.24) is 0 Å². The predicted molar refractivity (Wildman–Crippen MR) is 134 cm³/mol. The van der Waals surface area contributed by atoms with Crippen LogP contribution in [0.5, 0.6) is 11.5 Å². The molecule has 1 fully saturated rings. The molecule has 1 aliphatic heterocycles. The molecule has 0 saturated carbocycles. The summed E-state index contributed by atoms with van der Waals surface area (Å²) in [5, 5.41) is 0.568. The van der Waals surface area contributed by atoms with Gasteiger partial charge in [0, 0.05) is 0 Å². The van der Waals surface area contributed by atoms with Gasteiger partial charge in [0.15, 0.2) is 23.3 Å². The predicted octanol–water partition coefficient (Wildman–Crippen LogP) is 5.06. The number of thioether (sulfide) groups is 1. The lowest BCUT2D eigenvalue weighted by Gasteiger charge is -2.15. The van der Waals surface area contributed by atoms with Crippen LogP contribution in [-0.2, 0) is 14.3 Å². The molecule has 1 aliphatic rings. The van der Waals surface area contributed by atoms with Crippen LogP contribution in [0.15, 0.2) is 88.8 Å². The van der Waals surface area contributed by atoms with Gasteiger partial charge in [-0.3, -0.25) is 9.69 Å². The van der Waals surface area contributed by atoms with Crippen LogP contribution in [0.25, 0.3) is 6.08 Å². The van der Waals surface area contributed by atoms with E-state index >= 15 is 0 Å². The van der Waals surface area contributed by atoms with Crippen molar-refractivity contribution in [3.05, 3.63) is 89.3 Å². The molecule has 7 nitrogen and oxygen atoms in total. The molecule has 0 unspecified atom stereocenters. The number of amidine groups is 1. The maximum Gasteiger partial charge on any atom is 0.343 e. The van der Waals surface area contributed by atoms with Crippen LogP contribution in [0.3, 0.4) is 0 Å². The number of aliphatic imine (C=N–C) groups is 1. The number of nitrogens with zero attached hydrogens (tertiary/aromatic N) is 2. The monoisotopic (exact) mass is 474 g/mol. The highest BCUT2D eigenvalue weighted by Gasteiger charge is 2.34. The van der Waals surface area contributed by atoms with Crippen molar-refractivity contribution in [3.8, 4) is 11.5 Å². The van der Waals surface area contributed by atoms with Gasteiger partial charge in [-0.05, 0) is 59.8 Å². The van der Waals surface area contributed by atoms with E-state index in [1.807, 2.05) is 60.7 Å². The Kier molecular flexibility index (Phi) is 7.29. The summed E-state index contributed by atoms with van der Waals surface area (Å²) in [6, 6.07) is 24.1. The molecule has 1 amide bonds. The Labute approximate surface area is 201 Å². The first-order chi connectivity index (χ1) is 16.6. The molecular formula is C26H22N2O5S. The second kappa shape index (κ2) is 10.7. The first kappa shape index (κ1) is 23.1. The minimum Gasteiger partial charge on any atom is -0.493 e. The maximum atomic E-state index is 13.4. The lowest BCUT2D eigenvalue weighted by Crippen LogP contribution is -2.28. The van der Waals surface area contributed by atoms with Crippen molar-refractivity contribution >= 4 is 46.3 Å². The molecule has 0 aromatic heterocycles. The Morgan fingerprint density at radius 3 is 2.35 bits per heavy atom. The van der Waals surface area contributed by atoms with Crippen molar-refractivity contribution in [3.63, 3.8) is 0 Å². The lowest BCUT2D eigenvalue weighted by molar-refractivity contribution is -0.142. The minimum atomic E-state index is -0.493. The molecule has 0 N–H and O–H groups in total. The summed E-state index contributed by atoms with van der Waals surface area (Å²) >= 11 is 1.30. The lowest BCUT2D eigenvalue weighted by atomic mass is 10.2. The van der Waals surface area contributed by atoms with Gasteiger partial charge < -0.3 is 14.2 Å². The van der Waals surface area contributed by atoms with Gasteiger partial charge in [0.1, 0.15) is 0 Å². The summed E-state index contributed by atoms with van der Waals surface area (Å²) in [7, 11) is 2.80. The first-order valence-corrected chi connectivity index (χ1v) is 11.2. The average Bonchev–Trinajstić information content (AvgIpc) is 3.17. The molecular weight excluding hydrogens is 452 g/mol. The number of benzene rings is 3. The number of ether oxygens (including phenoxy) is 3. The molecule has 0 bridgehead atoms. The third-order valence-corrected chi connectivity index (χ3v) is 5.83. The molecule has 0 aliphatic carbocycles. The number of carbonyl (C=O) groups is 2. The van der Waals surface area contributed by atoms with Gasteiger partial charge in [-0.2, -0.15) is 0 Å². The second-order valence-electron chi connectivity index (χ2n) is 7.09. The van der Waals surface area contributed by atoms with Crippen molar-refractivity contribution in [2.24, 2.45) is 4.99 Å². The van der Waals surface area contributed by atoms with E-state index in [2.05, 4.69) is 4.74 Å². The van der Waals surface area contributed by atoms with E-state index in [4.69, 9.17) is 14.5 Å². The number of carbonyl (C=O) groups excluding carboxylic acids is 2. The fraction of sp³-hybridized carbons (Fsp3) is 0.115. The normalized spacial score (nSPS) is 15.6. The zero-order valence-electron chi connectivity index (χ0n) is 18.6. The Bertz CT molecular complexity index is 1240. The topological polar surface area (TPSA) is 77.4 Å². The third kappa shape index (κ3) is 5.29. The van der Waals surface area contributed by atoms with Crippen LogP contribution < -0.4 is 14.4 Å². The van der Waals surface area contributed by atoms with Crippen molar-refractivity contribution in [2.75, 3.05) is 25.7 Å². The van der Waals surface area contributed by atoms with E-state index in [1.54, 1.807) is 29.2 Å². The van der Waals surface area contributed by atoms with Gasteiger partial charge in [-0.25, -0.2) is 9.79 Å². The van der Waals surface area contributed by atoms with Gasteiger partial charge in [0.05, 0.1) is 30.5 Å². The molecule has 3 aromatic carbocycles. The van der Waals surface area contributed by atoms with Crippen molar-refractivity contribution < 1.29 is 23.8 Å². The zero-order valence-corrected chi connectivity index (χ0v) is 19.5. The van der Waals surface area contributed by atoms with Crippen LogP contribution in [0.1, 0.15) is 5.56 Å². The van der Waals surface area contributed by atoms with Crippen LogP contribution in [0, 0.1) is 0 Å². The van der Waals surface area contributed by atoms with Crippen molar-refractivity contribution in [2.45, 2.75) is 0 Å². The Morgan fingerprint density at radius 2 is 1.68 bits per heavy atom. The number of methoxy groups -OCH3 is 2. The Morgan fingerprint density at radius 1 is 0.971 bits per heavy atom. The summed E-state index contributed by atoms with van der Waals surface area (Å²) in [5.74, 6) is 0.174. The van der Waals surface area contributed by atoms with E-state index in [0.29, 0.717) is 21.6 Å². The maximum absolute atomic E-state index is 13.4. The van der Waals surface area contributed by atoms with Crippen LogP contribution >= 0.6 is 11.8 Å². The highest BCUT2D eigenvalue weighted by molar-refractivity contribution is 8.19. The minimum absolute atomic E-state index is 0.170. The number of hydrogen-bond donors (Lipinski definition) is 0. The molecule has 8 heteroatoms. The van der Waals surface area contributed by atoms with E-state index in [9.17, 15) is 9.59 Å². The number of rotatable bonds is 7. The third-order valence-electron chi connectivity index (χ3n) is 4.86. The molecule has 0 atom stereocenters. The number of hydrogen-bond acceptors (Lipinski definition) is 7. The van der Waals surface area contributed by atoms with E-state index in [0.717, 1.165) is 16.9 Å². The second-order valence-corrected chi connectivity index (χ2v) is 8.10. The van der Waals surface area contributed by atoms with Gasteiger partial charge in [0.2, 0.25) is 0 Å². The van der Waals surface area contributed by atoms with Gasteiger partial charge in [-0.1, -0.05) is 42.5 Å². The molecule has 172 valence electrons. The van der Waals surface area contributed by atoms with Crippen LogP contribution in [0.2, 0.25) is 0 Å². The molecule has 4 rings (SSSR count). The molecule has 1 heterocycles. The molecule has 34 heavy (non-hydrogen) atoms. The van der Waals surface area contributed by atoms with E-state index < -0.39 is 5.97 Å². The number of para-hydroxylation sites is 2. The highest BCUT2D eigenvalue weighted by Crippen LogP contribution is 2.38. The SMILES string of the molecule is COC(=O)COc1ccc(/C=C2\SC(=Nc3ccccc3)N(c3ccccc3)C2=O)cc1OC. The van der Waals surface area contributed by atoms with Gasteiger partial charge in [-0.15, -0.1) is 0 Å². The Hall–Kier alpha value is -4.04. The smallest absolute Gasteiger partial charge is 0.343 e. The van der Waals surface area contributed by atoms with E-state index in [1.165, 1.54) is 26.0 Å². The van der Waals surface area contributed by atoms with Gasteiger partial charge in [0.25, 0.3) is 5.91 Å². The van der Waals surface area contributed by atoms with Crippen molar-refractivity contribution in [1.29, 1.82) is 0 Å². The van der Waals surface area contributed by atoms with Crippen LogP contribution in [-0.4, -0.2) is 37.9 Å². The molecule has 0 radical (unpaired) electrons. The summed E-state index contributed by atoms with van der Waals surface area (Å²) in [4.78, 5) is 31.6. The summed E-state index contributed by atoms with van der Waals surface area (Å²) < 4.78 is 15.5.